The highest BCUT2D eigenvalue weighted by Crippen LogP contribution is 2.36. The number of thiol groups is 1. The van der Waals surface area contributed by atoms with Crippen molar-refractivity contribution in [2.45, 2.75) is 72.5 Å². The Morgan fingerprint density at radius 1 is 1.09 bits per heavy atom. The second kappa shape index (κ2) is 10.9. The fourth-order valence-corrected chi connectivity index (χ4v) is 4.05. The minimum atomic E-state index is -0.376. The molecule has 1 fully saturated rings. The Morgan fingerprint density at radius 2 is 1.74 bits per heavy atom. The minimum Gasteiger partial charge on any atom is -0.399 e. The van der Waals surface area contributed by atoms with Crippen LogP contribution in [-0.4, -0.2) is 47.0 Å². The molecule has 6 nitrogen and oxygen atoms in total. The Labute approximate surface area is 215 Å². The molecule has 1 aromatic heterocycles. The fraction of sp³-hybridized carbons (Fsp3) is 0.556. The normalized spacial score (nSPS) is 17.5. The van der Waals surface area contributed by atoms with Gasteiger partial charge in [0.2, 0.25) is 5.91 Å². The van der Waals surface area contributed by atoms with Crippen LogP contribution in [0.15, 0.2) is 30.3 Å². The molecule has 3 aromatic rings. The third-order valence-corrected chi connectivity index (χ3v) is 7.37. The zero-order valence-electron chi connectivity index (χ0n) is 22.4. The van der Waals surface area contributed by atoms with E-state index in [0.29, 0.717) is 12.5 Å². The molecule has 0 bridgehead atoms. The summed E-state index contributed by atoms with van der Waals surface area (Å²) < 4.78 is 12.4. The van der Waals surface area contributed by atoms with Crippen LogP contribution in [0.2, 0.25) is 0 Å². The van der Waals surface area contributed by atoms with Crippen molar-refractivity contribution in [2.75, 3.05) is 12.8 Å². The zero-order chi connectivity index (χ0) is 26.0. The summed E-state index contributed by atoms with van der Waals surface area (Å²) in [5, 5.41) is 5.26. The molecule has 2 heterocycles. The molecule has 1 atom stereocenters. The molecule has 0 aliphatic carbocycles. The van der Waals surface area contributed by atoms with Crippen molar-refractivity contribution in [3.63, 3.8) is 0 Å². The van der Waals surface area contributed by atoms with Gasteiger partial charge in [-0.3, -0.25) is 4.79 Å². The topological polar surface area (TPSA) is 76.2 Å². The van der Waals surface area contributed by atoms with Gasteiger partial charge in [-0.25, -0.2) is 4.98 Å². The third kappa shape index (κ3) is 5.87. The molecule has 8 heteroatoms. The quantitative estimate of drug-likeness (QED) is 0.247. The summed E-state index contributed by atoms with van der Waals surface area (Å²) in [4.78, 5) is 20.4. The first-order valence-corrected chi connectivity index (χ1v) is 13.4. The Kier molecular flexibility index (Phi) is 8.61. The van der Waals surface area contributed by atoms with Crippen molar-refractivity contribution in [1.82, 2.24) is 15.3 Å². The van der Waals surface area contributed by atoms with E-state index >= 15 is 0 Å². The van der Waals surface area contributed by atoms with Gasteiger partial charge in [-0.05, 0) is 63.2 Å². The van der Waals surface area contributed by atoms with Gasteiger partial charge in [0.15, 0.2) is 0 Å². The summed E-state index contributed by atoms with van der Waals surface area (Å²) in [6.07, 6.45) is 3.33. The van der Waals surface area contributed by atoms with E-state index in [1.165, 1.54) is 0 Å². The Hall–Kier alpha value is -2.03. The number of nitrogens with zero attached hydrogens (tertiary/aromatic N) is 1. The molecule has 190 valence electrons. The molecule has 1 saturated heterocycles. The first-order chi connectivity index (χ1) is 16.5. The SMILES string of the molecule is CC(C)C(C)C(=O)NCCCc1nc2c(ccc3cc(B4OC(C)(C)C(C)(C)O4)ccc32)[nH]1.CS. The number of fused-ring (bicyclic) bond motifs is 3. The lowest BCUT2D eigenvalue weighted by atomic mass is 9.78. The van der Waals surface area contributed by atoms with E-state index in [1.54, 1.807) is 6.26 Å². The summed E-state index contributed by atoms with van der Waals surface area (Å²) in [6.45, 7) is 15.0. The van der Waals surface area contributed by atoms with Crippen LogP contribution >= 0.6 is 12.6 Å². The third-order valence-electron chi connectivity index (χ3n) is 7.37. The lowest BCUT2D eigenvalue weighted by Crippen LogP contribution is -2.41. The van der Waals surface area contributed by atoms with Crippen LogP contribution in [0.1, 0.15) is 60.7 Å². The Bertz CT molecular complexity index is 1160. The summed E-state index contributed by atoms with van der Waals surface area (Å²) in [5.74, 6) is 1.45. The van der Waals surface area contributed by atoms with Crippen LogP contribution < -0.4 is 10.8 Å². The van der Waals surface area contributed by atoms with Crippen molar-refractivity contribution in [3.8, 4) is 0 Å². The first kappa shape index (κ1) is 27.6. The molecule has 0 radical (unpaired) electrons. The molecule has 1 aliphatic heterocycles. The highest BCUT2D eigenvalue weighted by atomic mass is 32.1. The zero-order valence-corrected chi connectivity index (χ0v) is 23.3. The van der Waals surface area contributed by atoms with Crippen LogP contribution in [0.5, 0.6) is 0 Å². The lowest BCUT2D eigenvalue weighted by molar-refractivity contribution is -0.125. The number of aromatic amines is 1. The van der Waals surface area contributed by atoms with Gasteiger partial charge in [-0.1, -0.05) is 45.0 Å². The van der Waals surface area contributed by atoms with Gasteiger partial charge < -0.3 is 19.6 Å². The maximum Gasteiger partial charge on any atom is 0.494 e. The van der Waals surface area contributed by atoms with Crippen LogP contribution in [0.3, 0.4) is 0 Å². The van der Waals surface area contributed by atoms with Crippen molar-refractivity contribution in [3.05, 3.63) is 36.2 Å². The molecular formula is C27H40BN3O3S. The minimum absolute atomic E-state index is 0.0321. The van der Waals surface area contributed by atoms with Gasteiger partial charge in [0.05, 0.1) is 22.2 Å². The van der Waals surface area contributed by atoms with E-state index in [0.717, 1.165) is 45.9 Å². The standard InChI is InChI=1S/C26H36BN3O3.CH4S/c1-16(2)17(3)24(31)28-14-8-9-22-29-21-13-10-18-15-19(11-12-20(18)23(21)30-22)27-32-25(4,5)26(6,7)33-27;1-2/h10-13,15-17H,8-9,14H2,1-7H3,(H,28,31)(H,29,30);2H,1H3. The Morgan fingerprint density at radius 3 is 2.37 bits per heavy atom. The smallest absolute Gasteiger partial charge is 0.399 e. The van der Waals surface area contributed by atoms with E-state index in [-0.39, 0.29) is 30.1 Å². The number of aromatic nitrogens is 2. The van der Waals surface area contributed by atoms with Gasteiger partial charge >= 0.3 is 7.12 Å². The second-order valence-corrected chi connectivity index (χ2v) is 10.6. The number of benzene rings is 2. The number of hydrogen-bond acceptors (Lipinski definition) is 5. The lowest BCUT2D eigenvalue weighted by Gasteiger charge is -2.32. The van der Waals surface area contributed by atoms with E-state index in [4.69, 9.17) is 14.3 Å². The largest absolute Gasteiger partial charge is 0.494 e. The monoisotopic (exact) mass is 497 g/mol. The molecule has 1 amide bonds. The molecule has 4 rings (SSSR count). The average molecular weight is 498 g/mol. The predicted molar refractivity (Wildman–Crippen MR) is 150 cm³/mol. The van der Waals surface area contributed by atoms with Gasteiger partial charge in [0.1, 0.15) is 5.82 Å². The molecule has 2 N–H and O–H groups in total. The van der Waals surface area contributed by atoms with Crippen molar-refractivity contribution in [1.29, 1.82) is 0 Å². The maximum absolute atomic E-state index is 12.1. The highest BCUT2D eigenvalue weighted by molar-refractivity contribution is 7.79. The Balaban J connectivity index is 0.00000167. The average Bonchev–Trinajstić information content (AvgIpc) is 3.33. The number of nitrogens with one attached hydrogen (secondary N) is 2. The number of rotatable bonds is 7. The van der Waals surface area contributed by atoms with Crippen molar-refractivity contribution >= 4 is 52.9 Å². The van der Waals surface area contributed by atoms with Crippen molar-refractivity contribution < 1.29 is 14.1 Å². The molecular weight excluding hydrogens is 457 g/mol. The second-order valence-electron chi connectivity index (χ2n) is 10.6. The van der Waals surface area contributed by atoms with E-state index < -0.39 is 0 Å². The number of imidazole rings is 1. The van der Waals surface area contributed by atoms with Crippen LogP contribution in [-0.2, 0) is 20.5 Å². The van der Waals surface area contributed by atoms with E-state index in [9.17, 15) is 4.79 Å². The maximum atomic E-state index is 12.1. The summed E-state index contributed by atoms with van der Waals surface area (Å²) >= 11 is 3.53. The summed E-state index contributed by atoms with van der Waals surface area (Å²) in [6, 6.07) is 10.5. The molecule has 1 unspecified atom stereocenters. The number of amides is 1. The van der Waals surface area contributed by atoms with Crippen LogP contribution in [0, 0.1) is 11.8 Å². The highest BCUT2D eigenvalue weighted by Gasteiger charge is 2.51. The summed E-state index contributed by atoms with van der Waals surface area (Å²) in [7, 11) is -0.376. The molecule has 0 spiro atoms. The number of hydrogen-bond donors (Lipinski definition) is 3. The summed E-state index contributed by atoms with van der Waals surface area (Å²) in [5.41, 5.74) is 2.29. The molecule has 2 aromatic carbocycles. The van der Waals surface area contributed by atoms with E-state index in [2.05, 4.69) is 94.8 Å². The predicted octanol–water partition coefficient (Wildman–Crippen LogP) is 4.90. The van der Waals surface area contributed by atoms with Gasteiger partial charge in [-0.2, -0.15) is 12.6 Å². The molecule has 1 aliphatic rings. The number of carbonyl (C=O) groups excluding carboxylic acids is 1. The van der Waals surface area contributed by atoms with Gasteiger partial charge in [0, 0.05) is 24.3 Å². The van der Waals surface area contributed by atoms with Gasteiger partial charge in [-0.15, -0.1) is 0 Å². The van der Waals surface area contributed by atoms with Crippen LogP contribution in [0.4, 0.5) is 0 Å². The molecule has 0 saturated carbocycles. The first-order valence-electron chi connectivity index (χ1n) is 12.5. The van der Waals surface area contributed by atoms with E-state index in [1.807, 2.05) is 6.92 Å². The van der Waals surface area contributed by atoms with Crippen molar-refractivity contribution in [2.24, 2.45) is 11.8 Å². The number of carbonyl (C=O) groups is 1. The fourth-order valence-electron chi connectivity index (χ4n) is 4.05. The number of H-pyrrole nitrogens is 1. The van der Waals surface area contributed by atoms with Crippen LogP contribution in [0.25, 0.3) is 21.8 Å². The molecule has 35 heavy (non-hydrogen) atoms. The number of aryl methyl sites for hydroxylation is 1. The van der Waals surface area contributed by atoms with Gasteiger partial charge in [0.25, 0.3) is 0 Å².